The Bertz CT molecular complexity index is 501. The lowest BCUT2D eigenvalue weighted by molar-refractivity contribution is -0.117. The van der Waals surface area contributed by atoms with Gasteiger partial charge < -0.3 is 4.90 Å². The molecule has 0 radical (unpaired) electrons. The van der Waals surface area contributed by atoms with E-state index in [0.717, 1.165) is 16.8 Å². The van der Waals surface area contributed by atoms with E-state index in [2.05, 4.69) is 15.0 Å². The highest BCUT2D eigenvalue weighted by Gasteiger charge is 2.31. The molecule has 0 saturated carbocycles. The zero-order chi connectivity index (χ0) is 13.1. The van der Waals surface area contributed by atoms with E-state index in [-0.39, 0.29) is 11.8 Å². The van der Waals surface area contributed by atoms with Crippen molar-refractivity contribution in [2.45, 2.75) is 20.3 Å². The van der Waals surface area contributed by atoms with Gasteiger partial charge in [0.25, 0.3) is 0 Å². The summed E-state index contributed by atoms with van der Waals surface area (Å²) in [7, 11) is 0. The van der Waals surface area contributed by atoms with Crippen LogP contribution in [0.25, 0.3) is 10.4 Å². The minimum atomic E-state index is 0.0885. The van der Waals surface area contributed by atoms with Crippen LogP contribution in [-0.2, 0) is 4.79 Å². The SMILES string of the molecule is Cc1cncc(C)c1N1CC(CN=[N+]=[N-])CC1=O. The average molecular weight is 245 g/mol. The van der Waals surface area contributed by atoms with Crippen molar-refractivity contribution in [1.29, 1.82) is 0 Å². The van der Waals surface area contributed by atoms with Gasteiger partial charge in [0, 0.05) is 36.8 Å². The van der Waals surface area contributed by atoms with Gasteiger partial charge in [-0.05, 0) is 36.4 Å². The van der Waals surface area contributed by atoms with Gasteiger partial charge in [0.15, 0.2) is 0 Å². The Kier molecular flexibility index (Phi) is 3.48. The molecule has 18 heavy (non-hydrogen) atoms. The first-order valence-corrected chi connectivity index (χ1v) is 5.86. The Labute approximate surface area is 105 Å². The smallest absolute Gasteiger partial charge is 0.227 e. The average Bonchev–Trinajstić information content (AvgIpc) is 2.68. The molecule has 1 fully saturated rings. The number of carbonyl (C=O) groups excluding carboxylic acids is 1. The van der Waals surface area contributed by atoms with Gasteiger partial charge in [0.1, 0.15) is 0 Å². The molecule has 1 unspecified atom stereocenters. The second-order valence-electron chi connectivity index (χ2n) is 4.61. The van der Waals surface area contributed by atoms with Crippen molar-refractivity contribution >= 4 is 11.6 Å². The lowest BCUT2D eigenvalue weighted by Crippen LogP contribution is -2.26. The predicted octanol–water partition coefficient (Wildman–Crippen LogP) is 2.36. The van der Waals surface area contributed by atoms with Crippen LogP contribution in [0.2, 0.25) is 0 Å². The number of aromatic nitrogens is 1. The zero-order valence-corrected chi connectivity index (χ0v) is 10.5. The summed E-state index contributed by atoms with van der Waals surface area (Å²) < 4.78 is 0. The fraction of sp³-hybridized carbons (Fsp3) is 0.500. The summed E-state index contributed by atoms with van der Waals surface area (Å²) in [5, 5.41) is 3.55. The monoisotopic (exact) mass is 245 g/mol. The van der Waals surface area contributed by atoms with Crippen molar-refractivity contribution in [3.05, 3.63) is 34.0 Å². The molecule has 0 aliphatic carbocycles. The second-order valence-corrected chi connectivity index (χ2v) is 4.61. The fourth-order valence-corrected chi connectivity index (χ4v) is 2.39. The Balaban J connectivity index is 2.24. The second kappa shape index (κ2) is 5.06. The van der Waals surface area contributed by atoms with Crippen molar-refractivity contribution < 1.29 is 4.79 Å². The maximum atomic E-state index is 12.0. The van der Waals surface area contributed by atoms with E-state index in [0.29, 0.717) is 19.5 Å². The normalized spacial score (nSPS) is 18.9. The molecule has 6 nitrogen and oxygen atoms in total. The molecule has 0 N–H and O–H groups in total. The van der Waals surface area contributed by atoms with Gasteiger partial charge in [-0.15, -0.1) is 0 Å². The number of anilines is 1. The molecule has 1 aromatic heterocycles. The van der Waals surface area contributed by atoms with Gasteiger partial charge in [-0.2, -0.15) is 0 Å². The highest BCUT2D eigenvalue weighted by molar-refractivity contribution is 5.97. The molecule has 1 aliphatic rings. The molecule has 2 rings (SSSR count). The number of rotatable bonds is 3. The van der Waals surface area contributed by atoms with Crippen molar-refractivity contribution in [2.75, 3.05) is 18.0 Å². The van der Waals surface area contributed by atoms with Crippen LogP contribution in [0, 0.1) is 19.8 Å². The zero-order valence-electron chi connectivity index (χ0n) is 10.5. The minimum absolute atomic E-state index is 0.0885. The third-order valence-corrected chi connectivity index (χ3v) is 3.16. The van der Waals surface area contributed by atoms with Gasteiger partial charge in [0.05, 0.1) is 5.69 Å². The fourth-order valence-electron chi connectivity index (χ4n) is 2.39. The molecular weight excluding hydrogens is 230 g/mol. The molecule has 1 aromatic rings. The highest BCUT2D eigenvalue weighted by Crippen LogP contribution is 2.30. The summed E-state index contributed by atoms with van der Waals surface area (Å²) in [6.07, 6.45) is 3.97. The number of amides is 1. The Hall–Kier alpha value is -2.07. The van der Waals surface area contributed by atoms with Crippen LogP contribution < -0.4 is 4.90 Å². The molecule has 0 spiro atoms. The summed E-state index contributed by atoms with van der Waals surface area (Å²) in [6.45, 7) is 4.89. The van der Waals surface area contributed by atoms with Gasteiger partial charge in [-0.25, -0.2) is 0 Å². The molecule has 6 heteroatoms. The maximum absolute atomic E-state index is 12.0. The van der Waals surface area contributed by atoms with E-state index in [9.17, 15) is 4.79 Å². The summed E-state index contributed by atoms with van der Waals surface area (Å²) in [5.41, 5.74) is 11.2. The molecule has 1 amide bonds. The minimum Gasteiger partial charge on any atom is -0.311 e. The molecule has 2 heterocycles. The highest BCUT2D eigenvalue weighted by atomic mass is 16.2. The van der Waals surface area contributed by atoms with Crippen molar-refractivity contribution in [3.8, 4) is 0 Å². The number of hydrogen-bond acceptors (Lipinski definition) is 3. The molecule has 0 aromatic carbocycles. The largest absolute Gasteiger partial charge is 0.311 e. The van der Waals surface area contributed by atoms with Crippen LogP contribution in [0.3, 0.4) is 0 Å². The predicted molar refractivity (Wildman–Crippen MR) is 68.2 cm³/mol. The summed E-state index contributed by atoms with van der Waals surface area (Å²) in [6, 6.07) is 0. The maximum Gasteiger partial charge on any atom is 0.227 e. The summed E-state index contributed by atoms with van der Waals surface area (Å²) in [4.78, 5) is 20.7. The van der Waals surface area contributed by atoms with Gasteiger partial charge >= 0.3 is 0 Å². The number of pyridine rings is 1. The van der Waals surface area contributed by atoms with Crippen LogP contribution in [0.1, 0.15) is 17.5 Å². The van der Waals surface area contributed by atoms with Gasteiger partial charge in [-0.3, -0.25) is 9.78 Å². The van der Waals surface area contributed by atoms with Gasteiger partial charge in [0.2, 0.25) is 5.91 Å². The van der Waals surface area contributed by atoms with Crippen LogP contribution in [-0.4, -0.2) is 24.0 Å². The van der Waals surface area contributed by atoms with Crippen LogP contribution in [0.15, 0.2) is 17.5 Å². The van der Waals surface area contributed by atoms with Gasteiger partial charge in [-0.1, -0.05) is 5.11 Å². The lowest BCUT2D eigenvalue weighted by Gasteiger charge is -2.20. The molecule has 1 saturated heterocycles. The third-order valence-electron chi connectivity index (χ3n) is 3.16. The van der Waals surface area contributed by atoms with Crippen LogP contribution in [0.4, 0.5) is 5.69 Å². The van der Waals surface area contributed by atoms with Crippen LogP contribution in [0.5, 0.6) is 0 Å². The summed E-state index contributed by atoms with van der Waals surface area (Å²) >= 11 is 0. The van der Waals surface area contributed by atoms with Crippen molar-refractivity contribution in [2.24, 2.45) is 11.0 Å². The first kappa shape index (κ1) is 12.4. The quantitative estimate of drug-likeness (QED) is 0.465. The number of nitrogens with zero attached hydrogens (tertiary/aromatic N) is 5. The first-order chi connectivity index (χ1) is 8.63. The Morgan fingerprint density at radius 2 is 2.17 bits per heavy atom. The van der Waals surface area contributed by atoms with E-state index in [4.69, 9.17) is 5.53 Å². The molecule has 1 atom stereocenters. The number of aryl methyl sites for hydroxylation is 2. The van der Waals surface area contributed by atoms with E-state index in [1.165, 1.54) is 0 Å². The molecule has 1 aliphatic heterocycles. The van der Waals surface area contributed by atoms with E-state index < -0.39 is 0 Å². The van der Waals surface area contributed by atoms with E-state index in [1.807, 2.05) is 13.8 Å². The third kappa shape index (κ3) is 2.28. The number of carbonyl (C=O) groups is 1. The van der Waals surface area contributed by atoms with Crippen LogP contribution >= 0.6 is 0 Å². The van der Waals surface area contributed by atoms with E-state index in [1.54, 1.807) is 17.3 Å². The molecular formula is C12H15N5O. The topological polar surface area (TPSA) is 82.0 Å². The Morgan fingerprint density at radius 3 is 2.78 bits per heavy atom. The number of azide groups is 1. The standard InChI is InChI=1S/C12H15N5O/c1-8-4-14-5-9(2)12(8)17-7-10(3-11(17)18)6-15-16-13/h4-5,10H,3,6-7H2,1-2H3. The number of hydrogen-bond donors (Lipinski definition) is 0. The molecule has 94 valence electrons. The van der Waals surface area contributed by atoms with Crippen molar-refractivity contribution in [1.82, 2.24) is 4.98 Å². The Morgan fingerprint density at radius 1 is 1.50 bits per heavy atom. The molecule has 0 bridgehead atoms. The first-order valence-electron chi connectivity index (χ1n) is 5.86. The van der Waals surface area contributed by atoms with E-state index >= 15 is 0 Å². The summed E-state index contributed by atoms with van der Waals surface area (Å²) in [5.74, 6) is 0.200. The lowest BCUT2D eigenvalue weighted by atomic mass is 10.1. The van der Waals surface area contributed by atoms with Crippen molar-refractivity contribution in [3.63, 3.8) is 0 Å².